The molecule has 0 unspecified atom stereocenters. The SMILES string of the molecule is Cc1ncc([N+](=O)[O-])n1CCOC(=O)c1cc2c(s1)CCCCC2. The number of aromatic nitrogens is 2. The zero-order valence-corrected chi connectivity index (χ0v) is 14.3. The largest absolute Gasteiger partial charge is 0.457 e. The molecular weight excluding hydrogens is 330 g/mol. The summed E-state index contributed by atoms with van der Waals surface area (Å²) >= 11 is 1.51. The second-order valence-electron chi connectivity index (χ2n) is 5.83. The fourth-order valence-electron chi connectivity index (χ4n) is 2.95. The van der Waals surface area contributed by atoms with E-state index in [1.54, 1.807) is 6.92 Å². The van der Waals surface area contributed by atoms with Gasteiger partial charge in [0.1, 0.15) is 24.2 Å². The highest BCUT2D eigenvalue weighted by Crippen LogP contribution is 2.29. The molecule has 0 saturated carbocycles. The third-order valence-corrected chi connectivity index (χ3v) is 5.43. The number of esters is 1. The van der Waals surface area contributed by atoms with Gasteiger partial charge in [-0.15, -0.1) is 11.3 Å². The molecule has 0 amide bonds. The lowest BCUT2D eigenvalue weighted by Gasteiger charge is -2.04. The summed E-state index contributed by atoms with van der Waals surface area (Å²) in [7, 11) is 0. The maximum absolute atomic E-state index is 12.2. The van der Waals surface area contributed by atoms with Crippen LogP contribution in [-0.2, 0) is 24.1 Å². The van der Waals surface area contributed by atoms with E-state index in [9.17, 15) is 14.9 Å². The molecule has 0 aromatic carbocycles. The van der Waals surface area contributed by atoms with Crippen LogP contribution >= 0.6 is 11.3 Å². The number of nitro groups is 1. The Morgan fingerprint density at radius 3 is 3.00 bits per heavy atom. The van der Waals surface area contributed by atoms with E-state index in [1.807, 2.05) is 6.07 Å². The average Bonchev–Trinajstić information content (AvgIpc) is 3.05. The van der Waals surface area contributed by atoms with Gasteiger partial charge in [-0.3, -0.25) is 0 Å². The molecule has 1 aliphatic carbocycles. The van der Waals surface area contributed by atoms with Crippen molar-refractivity contribution < 1.29 is 14.5 Å². The molecule has 7 nitrogen and oxygen atoms in total. The Balaban J connectivity index is 1.60. The predicted octanol–water partition coefficient (Wildman–Crippen LogP) is 3.29. The normalized spacial score (nSPS) is 14.0. The number of nitrogens with zero attached hydrogens (tertiary/aromatic N) is 3. The fourth-order valence-corrected chi connectivity index (χ4v) is 4.09. The topological polar surface area (TPSA) is 87.3 Å². The zero-order chi connectivity index (χ0) is 17.1. The maximum Gasteiger partial charge on any atom is 0.348 e. The van der Waals surface area contributed by atoms with Crippen molar-refractivity contribution in [3.63, 3.8) is 0 Å². The van der Waals surface area contributed by atoms with Crippen molar-refractivity contribution in [1.82, 2.24) is 9.55 Å². The van der Waals surface area contributed by atoms with Gasteiger partial charge in [0.25, 0.3) is 0 Å². The van der Waals surface area contributed by atoms with Crippen molar-refractivity contribution in [3.05, 3.63) is 43.5 Å². The molecule has 24 heavy (non-hydrogen) atoms. The summed E-state index contributed by atoms with van der Waals surface area (Å²) in [6.07, 6.45) is 6.86. The van der Waals surface area contributed by atoms with Crippen LogP contribution in [0, 0.1) is 17.0 Å². The van der Waals surface area contributed by atoms with Gasteiger partial charge in [0.2, 0.25) is 0 Å². The lowest BCUT2D eigenvalue weighted by Crippen LogP contribution is -2.13. The first-order chi connectivity index (χ1) is 11.6. The molecular formula is C16H19N3O4S. The highest BCUT2D eigenvalue weighted by molar-refractivity contribution is 7.14. The maximum atomic E-state index is 12.2. The van der Waals surface area contributed by atoms with Crippen molar-refractivity contribution in [2.45, 2.75) is 45.6 Å². The minimum atomic E-state index is -0.488. The molecule has 0 saturated heterocycles. The monoisotopic (exact) mass is 349 g/mol. The summed E-state index contributed by atoms with van der Waals surface area (Å²) in [5, 5.41) is 10.9. The molecule has 0 fully saturated rings. The molecule has 0 spiro atoms. The van der Waals surface area contributed by atoms with Gasteiger partial charge in [-0.1, -0.05) is 6.42 Å². The molecule has 0 atom stereocenters. The van der Waals surface area contributed by atoms with Crippen molar-refractivity contribution in [1.29, 1.82) is 0 Å². The minimum absolute atomic E-state index is 0.0828. The van der Waals surface area contributed by atoms with Crippen LogP contribution in [0.4, 0.5) is 5.82 Å². The number of ether oxygens (including phenoxy) is 1. The van der Waals surface area contributed by atoms with E-state index < -0.39 is 4.92 Å². The third-order valence-electron chi connectivity index (χ3n) is 4.22. The van der Waals surface area contributed by atoms with Crippen molar-refractivity contribution >= 4 is 23.1 Å². The summed E-state index contributed by atoms with van der Waals surface area (Å²) in [6, 6.07) is 1.94. The van der Waals surface area contributed by atoms with Crippen LogP contribution < -0.4 is 0 Å². The molecule has 3 rings (SSSR count). The quantitative estimate of drug-likeness (QED) is 0.358. The molecule has 128 valence electrons. The van der Waals surface area contributed by atoms with Crippen molar-refractivity contribution in [2.75, 3.05) is 6.61 Å². The minimum Gasteiger partial charge on any atom is -0.457 e. The molecule has 0 aliphatic heterocycles. The van der Waals surface area contributed by atoms with E-state index in [2.05, 4.69) is 4.98 Å². The van der Waals surface area contributed by atoms with Gasteiger partial charge in [0, 0.05) is 11.8 Å². The summed E-state index contributed by atoms with van der Waals surface area (Å²) < 4.78 is 6.74. The van der Waals surface area contributed by atoms with Crippen LogP contribution in [0.3, 0.4) is 0 Å². The standard InChI is InChI=1S/C16H19N3O4S/c1-11-17-10-15(19(21)22)18(11)7-8-23-16(20)14-9-12-5-3-2-4-6-13(12)24-14/h9-10H,2-8H2,1H3. The van der Waals surface area contributed by atoms with Crippen LogP contribution in [0.15, 0.2) is 12.3 Å². The number of hydrogen-bond donors (Lipinski definition) is 0. The van der Waals surface area contributed by atoms with Crippen LogP contribution in [0.1, 0.15) is 45.2 Å². The Labute approximate surface area is 143 Å². The molecule has 2 aromatic heterocycles. The smallest absolute Gasteiger partial charge is 0.348 e. The Bertz CT molecular complexity index is 742. The number of carbonyl (C=O) groups is 1. The van der Waals surface area contributed by atoms with Crippen LogP contribution in [-0.4, -0.2) is 27.1 Å². The first-order valence-electron chi connectivity index (χ1n) is 8.01. The molecule has 0 radical (unpaired) electrons. The fraction of sp³-hybridized carbons (Fsp3) is 0.500. The van der Waals surface area contributed by atoms with Gasteiger partial charge in [-0.2, -0.15) is 0 Å². The Morgan fingerprint density at radius 1 is 1.42 bits per heavy atom. The number of hydrogen-bond acceptors (Lipinski definition) is 6. The van der Waals surface area contributed by atoms with E-state index in [-0.39, 0.29) is 24.9 Å². The van der Waals surface area contributed by atoms with Gasteiger partial charge in [-0.25, -0.2) is 14.3 Å². The van der Waals surface area contributed by atoms with Gasteiger partial charge < -0.3 is 14.9 Å². The first kappa shape index (κ1) is 16.6. The lowest BCUT2D eigenvalue weighted by molar-refractivity contribution is -0.392. The van der Waals surface area contributed by atoms with Gasteiger partial charge in [0.05, 0.1) is 0 Å². The third kappa shape index (κ3) is 3.48. The lowest BCUT2D eigenvalue weighted by atomic mass is 10.1. The van der Waals surface area contributed by atoms with E-state index in [0.29, 0.717) is 10.7 Å². The van der Waals surface area contributed by atoms with Crippen LogP contribution in [0.25, 0.3) is 0 Å². The molecule has 0 N–H and O–H groups in total. The second-order valence-corrected chi connectivity index (χ2v) is 6.96. The second kappa shape index (κ2) is 7.12. The van der Waals surface area contributed by atoms with Gasteiger partial charge in [-0.05, 0) is 42.2 Å². The molecule has 2 aromatic rings. The van der Waals surface area contributed by atoms with E-state index >= 15 is 0 Å². The van der Waals surface area contributed by atoms with Crippen LogP contribution in [0.5, 0.6) is 0 Å². The summed E-state index contributed by atoms with van der Waals surface area (Å²) in [6.45, 7) is 1.99. The number of aryl methyl sites for hydroxylation is 3. The van der Waals surface area contributed by atoms with E-state index in [0.717, 1.165) is 12.8 Å². The highest BCUT2D eigenvalue weighted by atomic mass is 32.1. The first-order valence-corrected chi connectivity index (χ1v) is 8.83. The number of rotatable bonds is 5. The number of carbonyl (C=O) groups excluding carboxylic acids is 1. The number of imidazole rings is 1. The van der Waals surface area contributed by atoms with E-state index in [1.165, 1.54) is 51.8 Å². The Hall–Kier alpha value is -2.22. The zero-order valence-electron chi connectivity index (χ0n) is 13.5. The van der Waals surface area contributed by atoms with Crippen molar-refractivity contribution in [2.24, 2.45) is 0 Å². The molecule has 2 heterocycles. The highest BCUT2D eigenvalue weighted by Gasteiger charge is 2.20. The predicted molar refractivity (Wildman–Crippen MR) is 89.5 cm³/mol. The number of thiophene rings is 1. The van der Waals surface area contributed by atoms with E-state index in [4.69, 9.17) is 4.74 Å². The Morgan fingerprint density at radius 2 is 2.21 bits per heavy atom. The van der Waals surface area contributed by atoms with Crippen LogP contribution in [0.2, 0.25) is 0 Å². The average molecular weight is 349 g/mol. The Kier molecular flexibility index (Phi) is 4.94. The molecule has 8 heteroatoms. The number of fused-ring (bicyclic) bond motifs is 1. The molecule has 1 aliphatic rings. The summed E-state index contributed by atoms with van der Waals surface area (Å²) in [5.41, 5.74) is 1.27. The van der Waals surface area contributed by atoms with Crippen molar-refractivity contribution in [3.8, 4) is 0 Å². The van der Waals surface area contributed by atoms with Gasteiger partial charge in [0.15, 0.2) is 5.82 Å². The molecule has 0 bridgehead atoms. The summed E-state index contributed by atoms with van der Waals surface area (Å²) in [4.78, 5) is 28.5. The summed E-state index contributed by atoms with van der Waals surface area (Å²) in [5.74, 6) is 0.0838. The van der Waals surface area contributed by atoms with Gasteiger partial charge >= 0.3 is 11.8 Å².